The van der Waals surface area contributed by atoms with Gasteiger partial charge in [0.05, 0.1) is 23.6 Å². The molecule has 2 amide bonds. The lowest BCUT2D eigenvalue weighted by Crippen LogP contribution is -2.56. The third-order valence-corrected chi connectivity index (χ3v) is 8.37. The highest BCUT2D eigenvalue weighted by atomic mass is 16.6. The first-order chi connectivity index (χ1) is 18.9. The smallest absolute Gasteiger partial charge is 0.313 e. The fourth-order valence-corrected chi connectivity index (χ4v) is 6.63. The number of likely N-dealkylation sites (tertiary alicyclic amines) is 1. The van der Waals surface area contributed by atoms with E-state index in [1.165, 1.54) is 0 Å². The summed E-state index contributed by atoms with van der Waals surface area (Å²) in [6.07, 6.45) is 9.89. The van der Waals surface area contributed by atoms with E-state index in [1.54, 1.807) is 21.4 Å². The minimum atomic E-state index is -1.34. The van der Waals surface area contributed by atoms with Gasteiger partial charge in [-0.15, -0.1) is 5.10 Å². The van der Waals surface area contributed by atoms with Crippen LogP contribution in [0.15, 0.2) is 48.6 Å². The van der Waals surface area contributed by atoms with Crippen molar-refractivity contribution in [2.24, 2.45) is 11.8 Å². The molecule has 0 radical (unpaired) electrons. The van der Waals surface area contributed by atoms with Crippen LogP contribution in [-0.4, -0.2) is 91.2 Å². The Morgan fingerprint density at radius 3 is 2.77 bits per heavy atom. The van der Waals surface area contributed by atoms with Gasteiger partial charge < -0.3 is 24.4 Å². The van der Waals surface area contributed by atoms with Crippen molar-refractivity contribution in [3.8, 4) is 0 Å². The molecule has 0 aliphatic carbocycles. The lowest BCUT2D eigenvalue weighted by Gasteiger charge is -2.37. The molecule has 1 unspecified atom stereocenters. The van der Waals surface area contributed by atoms with Crippen LogP contribution < -0.4 is 0 Å². The number of esters is 1. The second kappa shape index (κ2) is 9.87. The maximum atomic E-state index is 14.4. The number of aliphatic hydroxyl groups is 1. The van der Waals surface area contributed by atoms with Crippen LogP contribution in [0.25, 0.3) is 11.0 Å². The van der Waals surface area contributed by atoms with Gasteiger partial charge in [0.25, 0.3) is 5.91 Å². The number of carbonyl (C=O) groups excluding carboxylic acids is 3. The van der Waals surface area contributed by atoms with E-state index in [2.05, 4.69) is 10.3 Å². The van der Waals surface area contributed by atoms with Crippen molar-refractivity contribution in [3.63, 3.8) is 0 Å². The number of carbonyl (C=O) groups is 3. The Balaban J connectivity index is 1.41. The lowest BCUT2D eigenvalue weighted by molar-refractivity contribution is -0.160. The largest absolute Gasteiger partial charge is 0.465 e. The Morgan fingerprint density at radius 2 is 1.92 bits per heavy atom. The zero-order valence-corrected chi connectivity index (χ0v) is 21.9. The van der Waals surface area contributed by atoms with Crippen LogP contribution >= 0.6 is 0 Å². The SMILES string of the molecule is C[C@]12/C=C\CCCOC(=O)[C@H]1[C@H]1C(=O)N(CCCCO)C3C(=O)N(Cn4nnc5ccccc54)CC=C[C@@]31O2. The first-order valence-electron chi connectivity index (χ1n) is 13.6. The number of amides is 2. The average molecular weight is 536 g/mol. The highest BCUT2D eigenvalue weighted by Gasteiger charge is 2.74. The number of cyclic esters (lactones) is 1. The molecule has 1 aromatic carbocycles. The average Bonchev–Trinajstić information content (AvgIpc) is 3.49. The standard InChI is InChI=1S/C28H33N5O6/c1-27-12-5-2-8-17-38-26(37)22(27)21-24(35)32(15-6-7-16-34)23-25(36)31(14-9-13-28(21,23)39-27)18-33-20-11-4-3-10-19(20)29-30-33/h3-5,9-13,21-23,34H,2,6-8,14-18H2,1H3/b12-5-/t21-,22+,23?,27-,28-/m0/s1. The van der Waals surface area contributed by atoms with E-state index in [0.29, 0.717) is 19.3 Å². The number of para-hydroxylation sites is 1. The third-order valence-electron chi connectivity index (χ3n) is 8.37. The number of fused-ring (bicyclic) bond motifs is 3. The van der Waals surface area contributed by atoms with Crippen LogP contribution in [0, 0.1) is 11.8 Å². The van der Waals surface area contributed by atoms with Gasteiger partial charge in [0.15, 0.2) is 0 Å². The normalized spacial score (nSPS) is 33.2. The van der Waals surface area contributed by atoms with Gasteiger partial charge in [-0.3, -0.25) is 14.4 Å². The molecule has 5 atom stereocenters. The zero-order valence-electron chi connectivity index (χ0n) is 21.9. The molecule has 2 fully saturated rings. The summed E-state index contributed by atoms with van der Waals surface area (Å²) in [5.41, 5.74) is -0.938. The number of rotatable bonds is 6. The number of hydrogen-bond donors (Lipinski definition) is 1. The molecule has 2 aromatic rings. The fourth-order valence-electron chi connectivity index (χ4n) is 6.63. The van der Waals surface area contributed by atoms with Gasteiger partial charge in [-0.25, -0.2) is 4.68 Å². The van der Waals surface area contributed by atoms with E-state index in [9.17, 15) is 19.5 Å². The number of hydrogen-bond acceptors (Lipinski definition) is 8. The first-order valence-corrected chi connectivity index (χ1v) is 13.6. The molecule has 4 aliphatic rings. The van der Waals surface area contributed by atoms with Gasteiger partial charge in [-0.2, -0.15) is 0 Å². The molecule has 1 spiro atoms. The highest BCUT2D eigenvalue weighted by molar-refractivity contribution is 5.99. The molecule has 206 valence electrons. The molecule has 4 aliphatic heterocycles. The minimum Gasteiger partial charge on any atom is -0.465 e. The Kier molecular flexibility index (Phi) is 6.50. The first kappa shape index (κ1) is 25.7. The molecule has 6 rings (SSSR count). The number of nitrogens with zero attached hydrogens (tertiary/aromatic N) is 5. The number of ether oxygens (including phenoxy) is 2. The predicted molar refractivity (Wildman–Crippen MR) is 139 cm³/mol. The maximum absolute atomic E-state index is 14.4. The van der Waals surface area contributed by atoms with Crippen LogP contribution in [-0.2, 0) is 30.5 Å². The Morgan fingerprint density at radius 1 is 1.08 bits per heavy atom. The fraction of sp³-hybridized carbons (Fsp3) is 0.536. The predicted octanol–water partition coefficient (Wildman–Crippen LogP) is 1.42. The van der Waals surface area contributed by atoms with Gasteiger partial charge in [-0.05, 0) is 44.7 Å². The highest BCUT2D eigenvalue weighted by Crippen LogP contribution is 2.57. The summed E-state index contributed by atoms with van der Waals surface area (Å²) < 4.78 is 14.0. The van der Waals surface area contributed by atoms with Crippen LogP contribution in [0.5, 0.6) is 0 Å². The van der Waals surface area contributed by atoms with E-state index >= 15 is 0 Å². The monoisotopic (exact) mass is 535 g/mol. The Bertz CT molecular complexity index is 1350. The summed E-state index contributed by atoms with van der Waals surface area (Å²) in [5, 5.41) is 17.8. The Hall–Kier alpha value is -3.57. The summed E-state index contributed by atoms with van der Waals surface area (Å²) in [6, 6.07) is 6.54. The number of benzene rings is 1. The number of unbranched alkanes of at least 4 members (excludes halogenated alkanes) is 1. The van der Waals surface area contributed by atoms with E-state index in [-0.39, 0.29) is 44.8 Å². The minimum absolute atomic E-state index is 0.0189. The molecule has 11 heteroatoms. The molecule has 1 N–H and O–H groups in total. The van der Waals surface area contributed by atoms with Gasteiger partial charge in [0.1, 0.15) is 29.7 Å². The van der Waals surface area contributed by atoms with Crippen molar-refractivity contribution in [2.75, 3.05) is 26.3 Å². The summed E-state index contributed by atoms with van der Waals surface area (Å²) >= 11 is 0. The lowest BCUT2D eigenvalue weighted by atomic mass is 9.74. The summed E-state index contributed by atoms with van der Waals surface area (Å²) in [7, 11) is 0. The number of aromatic nitrogens is 3. The second-order valence-corrected chi connectivity index (χ2v) is 10.9. The number of aliphatic hydroxyl groups excluding tert-OH is 1. The summed E-state index contributed by atoms with van der Waals surface area (Å²) in [5.74, 6) is -2.88. The molecule has 11 nitrogen and oxygen atoms in total. The molecule has 1 aromatic heterocycles. The van der Waals surface area contributed by atoms with Crippen molar-refractivity contribution in [3.05, 3.63) is 48.6 Å². The van der Waals surface area contributed by atoms with Crippen molar-refractivity contribution in [2.45, 2.75) is 56.5 Å². The van der Waals surface area contributed by atoms with Crippen molar-refractivity contribution < 1.29 is 29.0 Å². The van der Waals surface area contributed by atoms with E-state index in [4.69, 9.17) is 9.47 Å². The molecule has 39 heavy (non-hydrogen) atoms. The van der Waals surface area contributed by atoms with E-state index in [0.717, 1.165) is 17.5 Å². The zero-order chi connectivity index (χ0) is 27.2. The quantitative estimate of drug-likeness (QED) is 0.334. The topological polar surface area (TPSA) is 127 Å². The molecule has 5 heterocycles. The van der Waals surface area contributed by atoms with E-state index < -0.39 is 35.0 Å². The molecule has 2 saturated heterocycles. The van der Waals surface area contributed by atoms with Gasteiger partial charge in [0.2, 0.25) is 5.91 Å². The molecule has 0 saturated carbocycles. The molecular weight excluding hydrogens is 502 g/mol. The third kappa shape index (κ3) is 4.06. The second-order valence-electron chi connectivity index (χ2n) is 10.9. The molecular formula is C28H33N5O6. The Labute approximate surface area is 226 Å². The summed E-state index contributed by atoms with van der Waals surface area (Å²) in [4.78, 5) is 45.1. The van der Waals surface area contributed by atoms with Gasteiger partial charge in [-0.1, -0.05) is 41.7 Å². The van der Waals surface area contributed by atoms with Crippen LogP contribution in [0.1, 0.15) is 32.6 Å². The van der Waals surface area contributed by atoms with Crippen LogP contribution in [0.2, 0.25) is 0 Å². The van der Waals surface area contributed by atoms with Crippen LogP contribution in [0.4, 0.5) is 0 Å². The van der Waals surface area contributed by atoms with Gasteiger partial charge in [0, 0.05) is 19.7 Å². The maximum Gasteiger partial charge on any atom is 0.313 e. The molecule has 0 bridgehead atoms. The van der Waals surface area contributed by atoms with Crippen molar-refractivity contribution in [1.29, 1.82) is 0 Å². The van der Waals surface area contributed by atoms with Gasteiger partial charge >= 0.3 is 5.97 Å². The van der Waals surface area contributed by atoms with Crippen LogP contribution in [0.3, 0.4) is 0 Å². The van der Waals surface area contributed by atoms with E-state index in [1.807, 2.05) is 48.6 Å². The summed E-state index contributed by atoms with van der Waals surface area (Å²) in [6.45, 7) is 2.73. The number of allylic oxidation sites excluding steroid dienone is 1. The van der Waals surface area contributed by atoms with Crippen molar-refractivity contribution in [1.82, 2.24) is 24.8 Å². The van der Waals surface area contributed by atoms with Crippen molar-refractivity contribution >= 4 is 28.8 Å².